The lowest BCUT2D eigenvalue weighted by molar-refractivity contribution is 0.0896. The zero-order valence-electron chi connectivity index (χ0n) is 8.43. The summed E-state index contributed by atoms with van der Waals surface area (Å²) in [7, 11) is 0. The van der Waals surface area contributed by atoms with Gasteiger partial charge in [-0.15, -0.1) is 0 Å². The monoisotopic (exact) mass is 230 g/mol. The SMILES string of the molecule is CCOCCC(=O)c1ccc(F)c(Cl)c1. The molecule has 0 spiro atoms. The molecule has 0 aromatic heterocycles. The minimum absolute atomic E-state index is 0.0303. The Hall–Kier alpha value is -0.930. The summed E-state index contributed by atoms with van der Waals surface area (Å²) in [6, 6.07) is 3.96. The fourth-order valence-electron chi connectivity index (χ4n) is 1.12. The molecule has 1 rings (SSSR count). The second-order valence-electron chi connectivity index (χ2n) is 3.00. The highest BCUT2D eigenvalue weighted by molar-refractivity contribution is 6.31. The van der Waals surface area contributed by atoms with Crippen LogP contribution in [0.25, 0.3) is 0 Å². The van der Waals surface area contributed by atoms with E-state index in [4.69, 9.17) is 16.3 Å². The maximum atomic E-state index is 12.8. The van der Waals surface area contributed by atoms with Crippen LogP contribution in [0.15, 0.2) is 18.2 Å². The van der Waals surface area contributed by atoms with Crippen LogP contribution in [0.2, 0.25) is 5.02 Å². The Bertz CT molecular complexity index is 352. The third-order valence-electron chi connectivity index (χ3n) is 1.92. The van der Waals surface area contributed by atoms with Crippen LogP contribution in [0.3, 0.4) is 0 Å². The molecule has 2 nitrogen and oxygen atoms in total. The third kappa shape index (κ3) is 3.61. The van der Waals surface area contributed by atoms with Crippen molar-refractivity contribution in [1.29, 1.82) is 0 Å². The lowest BCUT2D eigenvalue weighted by atomic mass is 10.1. The third-order valence-corrected chi connectivity index (χ3v) is 2.21. The second-order valence-corrected chi connectivity index (χ2v) is 3.41. The van der Waals surface area contributed by atoms with Crippen LogP contribution in [0, 0.1) is 5.82 Å². The number of Topliss-reactive ketones (excluding diaryl/α,β-unsaturated/α-hetero) is 1. The van der Waals surface area contributed by atoms with Crippen LogP contribution in [0.5, 0.6) is 0 Å². The predicted octanol–water partition coefficient (Wildman–Crippen LogP) is 3.09. The molecule has 0 atom stereocenters. The summed E-state index contributed by atoms with van der Waals surface area (Å²) in [4.78, 5) is 11.5. The number of rotatable bonds is 5. The van der Waals surface area contributed by atoms with Gasteiger partial charge in [0.25, 0.3) is 0 Å². The number of halogens is 2. The molecule has 0 radical (unpaired) electrons. The summed E-state index contributed by atoms with van der Waals surface area (Å²) in [5.74, 6) is -0.608. The number of carbonyl (C=O) groups is 1. The van der Waals surface area contributed by atoms with E-state index in [0.29, 0.717) is 18.8 Å². The van der Waals surface area contributed by atoms with Gasteiger partial charge in [0.1, 0.15) is 5.82 Å². The first-order valence-electron chi connectivity index (χ1n) is 4.71. The summed E-state index contributed by atoms with van der Waals surface area (Å²) >= 11 is 5.56. The summed E-state index contributed by atoms with van der Waals surface area (Å²) in [6.07, 6.45) is 0.288. The molecule has 82 valence electrons. The second kappa shape index (κ2) is 5.83. The van der Waals surface area contributed by atoms with E-state index in [1.807, 2.05) is 6.92 Å². The predicted molar refractivity (Wildman–Crippen MR) is 56.9 cm³/mol. The summed E-state index contributed by atoms with van der Waals surface area (Å²) in [5, 5.41) is -0.0303. The van der Waals surface area contributed by atoms with Crippen LogP contribution < -0.4 is 0 Å². The zero-order chi connectivity index (χ0) is 11.3. The van der Waals surface area contributed by atoms with E-state index in [0.717, 1.165) is 0 Å². The molecule has 1 aromatic carbocycles. The van der Waals surface area contributed by atoms with Crippen molar-refractivity contribution < 1.29 is 13.9 Å². The fourth-order valence-corrected chi connectivity index (χ4v) is 1.30. The van der Waals surface area contributed by atoms with Gasteiger partial charge in [-0.2, -0.15) is 0 Å². The van der Waals surface area contributed by atoms with Crippen molar-refractivity contribution in [2.24, 2.45) is 0 Å². The van der Waals surface area contributed by atoms with Gasteiger partial charge in [-0.25, -0.2) is 4.39 Å². The molecule has 0 fully saturated rings. The van der Waals surface area contributed by atoms with E-state index < -0.39 is 5.82 Å². The summed E-state index contributed by atoms with van der Waals surface area (Å²) in [6.45, 7) is 2.82. The first-order chi connectivity index (χ1) is 7.15. The molecule has 0 saturated carbocycles. The smallest absolute Gasteiger partial charge is 0.165 e. The van der Waals surface area contributed by atoms with Crippen LogP contribution >= 0.6 is 11.6 Å². The van der Waals surface area contributed by atoms with Crippen LogP contribution in [-0.2, 0) is 4.74 Å². The van der Waals surface area contributed by atoms with Gasteiger partial charge in [0.15, 0.2) is 5.78 Å². The van der Waals surface area contributed by atoms with E-state index in [1.165, 1.54) is 18.2 Å². The molecule has 4 heteroatoms. The van der Waals surface area contributed by atoms with Crippen molar-refractivity contribution in [3.8, 4) is 0 Å². The molecule has 15 heavy (non-hydrogen) atoms. The zero-order valence-corrected chi connectivity index (χ0v) is 9.18. The first-order valence-corrected chi connectivity index (χ1v) is 5.09. The van der Waals surface area contributed by atoms with Crippen LogP contribution in [0.1, 0.15) is 23.7 Å². The van der Waals surface area contributed by atoms with Gasteiger partial charge in [0.2, 0.25) is 0 Å². The molecule has 0 aliphatic heterocycles. The van der Waals surface area contributed by atoms with E-state index in [9.17, 15) is 9.18 Å². The van der Waals surface area contributed by atoms with Crippen LogP contribution in [0.4, 0.5) is 4.39 Å². The highest BCUT2D eigenvalue weighted by atomic mass is 35.5. The minimum atomic E-state index is -0.516. The van der Waals surface area contributed by atoms with Gasteiger partial charge >= 0.3 is 0 Å². The van der Waals surface area contributed by atoms with Crippen molar-refractivity contribution in [2.75, 3.05) is 13.2 Å². The number of hydrogen-bond acceptors (Lipinski definition) is 2. The lowest BCUT2D eigenvalue weighted by Gasteiger charge is -2.02. The molecule has 0 heterocycles. The average Bonchev–Trinajstić information content (AvgIpc) is 2.22. The number of ketones is 1. The summed E-state index contributed by atoms with van der Waals surface area (Å²) in [5.41, 5.74) is 0.418. The quantitative estimate of drug-likeness (QED) is 0.574. The number of hydrogen-bond donors (Lipinski definition) is 0. The highest BCUT2D eigenvalue weighted by Gasteiger charge is 2.08. The van der Waals surface area contributed by atoms with Gasteiger partial charge in [-0.1, -0.05) is 11.6 Å². The normalized spacial score (nSPS) is 10.3. The summed E-state index contributed by atoms with van der Waals surface area (Å²) < 4.78 is 17.9. The molecular weight excluding hydrogens is 219 g/mol. The van der Waals surface area contributed by atoms with Crippen molar-refractivity contribution in [1.82, 2.24) is 0 Å². The van der Waals surface area contributed by atoms with Crippen molar-refractivity contribution in [2.45, 2.75) is 13.3 Å². The van der Waals surface area contributed by atoms with Gasteiger partial charge in [0, 0.05) is 18.6 Å². The standard InChI is InChI=1S/C11H12ClFO2/c1-2-15-6-5-11(14)8-3-4-10(13)9(12)7-8/h3-4,7H,2,5-6H2,1H3. The maximum absolute atomic E-state index is 12.8. The molecule has 0 unspecified atom stereocenters. The van der Waals surface area contributed by atoms with Crippen molar-refractivity contribution >= 4 is 17.4 Å². The van der Waals surface area contributed by atoms with Gasteiger partial charge < -0.3 is 4.74 Å². The molecule has 0 amide bonds. The van der Waals surface area contributed by atoms with Gasteiger partial charge in [0.05, 0.1) is 11.6 Å². The Kier molecular flexibility index (Phi) is 4.72. The fraction of sp³-hybridized carbons (Fsp3) is 0.364. The van der Waals surface area contributed by atoms with E-state index in [1.54, 1.807) is 0 Å². The molecule has 0 saturated heterocycles. The van der Waals surface area contributed by atoms with E-state index in [2.05, 4.69) is 0 Å². The molecular formula is C11H12ClFO2. The molecule has 1 aromatic rings. The van der Waals surface area contributed by atoms with Crippen LogP contribution in [-0.4, -0.2) is 19.0 Å². The molecule has 0 aliphatic carbocycles. The Morgan fingerprint density at radius 3 is 2.87 bits per heavy atom. The maximum Gasteiger partial charge on any atom is 0.165 e. The number of ether oxygens (including phenoxy) is 1. The Morgan fingerprint density at radius 2 is 2.27 bits per heavy atom. The topological polar surface area (TPSA) is 26.3 Å². The van der Waals surface area contributed by atoms with Crippen molar-refractivity contribution in [3.63, 3.8) is 0 Å². The lowest BCUT2D eigenvalue weighted by Crippen LogP contribution is -2.04. The highest BCUT2D eigenvalue weighted by Crippen LogP contribution is 2.16. The average molecular weight is 231 g/mol. The Morgan fingerprint density at radius 1 is 1.53 bits per heavy atom. The Labute approximate surface area is 93.0 Å². The van der Waals surface area contributed by atoms with Gasteiger partial charge in [-0.05, 0) is 25.1 Å². The molecule has 0 aliphatic rings. The minimum Gasteiger partial charge on any atom is -0.381 e. The van der Waals surface area contributed by atoms with E-state index in [-0.39, 0.29) is 17.2 Å². The van der Waals surface area contributed by atoms with Crippen molar-refractivity contribution in [3.05, 3.63) is 34.6 Å². The molecule has 0 N–H and O–H groups in total. The Balaban J connectivity index is 2.62. The molecule has 0 bridgehead atoms. The number of benzene rings is 1. The number of carbonyl (C=O) groups excluding carboxylic acids is 1. The van der Waals surface area contributed by atoms with Gasteiger partial charge in [-0.3, -0.25) is 4.79 Å². The van der Waals surface area contributed by atoms with E-state index >= 15 is 0 Å². The largest absolute Gasteiger partial charge is 0.381 e. The first kappa shape index (κ1) is 12.1.